The van der Waals surface area contributed by atoms with Crippen molar-refractivity contribution in [2.75, 3.05) is 12.4 Å². The zero-order valence-electron chi connectivity index (χ0n) is 9.61. The van der Waals surface area contributed by atoms with E-state index in [4.69, 9.17) is 9.15 Å². The molecule has 0 radical (unpaired) electrons. The van der Waals surface area contributed by atoms with Crippen molar-refractivity contribution in [3.8, 4) is 5.88 Å². The molecule has 0 fully saturated rings. The molecule has 2 aromatic heterocycles. The number of rotatable bonds is 4. The van der Waals surface area contributed by atoms with Crippen LogP contribution in [0.4, 0.5) is 5.69 Å². The SMILES string of the molecule is COc1ncccc1NC(C)c1ccc(Br)o1. The Kier molecular flexibility index (Phi) is 3.68. The molecule has 0 aliphatic rings. The summed E-state index contributed by atoms with van der Waals surface area (Å²) in [7, 11) is 1.60. The van der Waals surface area contributed by atoms with Gasteiger partial charge in [0.2, 0.25) is 5.88 Å². The Morgan fingerprint density at radius 2 is 2.24 bits per heavy atom. The highest BCUT2D eigenvalue weighted by molar-refractivity contribution is 9.10. The molecule has 5 heteroatoms. The standard InChI is InChI=1S/C12H13BrN2O2/c1-8(10-5-6-11(13)17-10)15-9-4-3-7-14-12(9)16-2/h3-8,15H,1-2H3. The van der Waals surface area contributed by atoms with Gasteiger partial charge in [0.1, 0.15) is 5.76 Å². The normalized spacial score (nSPS) is 12.2. The van der Waals surface area contributed by atoms with Crippen LogP contribution in [0, 0.1) is 0 Å². The van der Waals surface area contributed by atoms with Crippen molar-refractivity contribution < 1.29 is 9.15 Å². The monoisotopic (exact) mass is 296 g/mol. The summed E-state index contributed by atoms with van der Waals surface area (Å²) in [6.07, 6.45) is 1.69. The van der Waals surface area contributed by atoms with E-state index < -0.39 is 0 Å². The molecule has 2 aromatic rings. The first kappa shape index (κ1) is 12.0. The molecule has 0 spiro atoms. The molecule has 1 N–H and O–H groups in total. The van der Waals surface area contributed by atoms with Crippen molar-refractivity contribution in [2.45, 2.75) is 13.0 Å². The third-order valence-corrected chi connectivity index (χ3v) is 2.78. The van der Waals surface area contributed by atoms with Crippen LogP contribution in [0.25, 0.3) is 0 Å². The predicted octanol–water partition coefficient (Wildman–Crippen LogP) is 3.62. The fourth-order valence-electron chi connectivity index (χ4n) is 1.53. The fourth-order valence-corrected chi connectivity index (χ4v) is 1.85. The lowest BCUT2D eigenvalue weighted by Crippen LogP contribution is -2.07. The third-order valence-electron chi connectivity index (χ3n) is 2.36. The van der Waals surface area contributed by atoms with Gasteiger partial charge in [-0.3, -0.25) is 0 Å². The van der Waals surface area contributed by atoms with E-state index in [0.717, 1.165) is 16.1 Å². The Labute approximate surface area is 108 Å². The minimum Gasteiger partial charge on any atom is -0.480 e. The second-order valence-corrected chi connectivity index (χ2v) is 4.35. The van der Waals surface area contributed by atoms with Gasteiger partial charge in [-0.25, -0.2) is 4.98 Å². The van der Waals surface area contributed by atoms with Crippen LogP contribution in [-0.2, 0) is 0 Å². The summed E-state index contributed by atoms with van der Waals surface area (Å²) >= 11 is 3.28. The molecule has 2 rings (SSSR count). The van der Waals surface area contributed by atoms with Crippen molar-refractivity contribution in [3.63, 3.8) is 0 Å². The van der Waals surface area contributed by atoms with Crippen molar-refractivity contribution >= 4 is 21.6 Å². The minimum atomic E-state index is 0.0411. The number of furan rings is 1. The minimum absolute atomic E-state index is 0.0411. The maximum atomic E-state index is 5.48. The Hall–Kier alpha value is -1.49. The molecule has 90 valence electrons. The maximum Gasteiger partial charge on any atom is 0.237 e. The lowest BCUT2D eigenvalue weighted by molar-refractivity contribution is 0.398. The van der Waals surface area contributed by atoms with E-state index in [1.165, 1.54) is 0 Å². The van der Waals surface area contributed by atoms with Crippen LogP contribution in [0.3, 0.4) is 0 Å². The molecule has 2 heterocycles. The van der Waals surface area contributed by atoms with Gasteiger partial charge < -0.3 is 14.5 Å². The number of aromatic nitrogens is 1. The Morgan fingerprint density at radius 1 is 1.41 bits per heavy atom. The quantitative estimate of drug-likeness (QED) is 0.936. The number of halogens is 1. The summed E-state index contributed by atoms with van der Waals surface area (Å²) in [5, 5.41) is 3.29. The molecule has 0 bridgehead atoms. The summed E-state index contributed by atoms with van der Waals surface area (Å²) in [4.78, 5) is 4.12. The first-order valence-corrected chi connectivity index (χ1v) is 6.01. The molecule has 0 amide bonds. The van der Waals surface area contributed by atoms with E-state index in [2.05, 4.69) is 26.2 Å². The van der Waals surface area contributed by atoms with Gasteiger partial charge in [-0.15, -0.1) is 0 Å². The lowest BCUT2D eigenvalue weighted by Gasteiger charge is -2.14. The number of anilines is 1. The van der Waals surface area contributed by atoms with Crippen LogP contribution in [0.1, 0.15) is 18.7 Å². The van der Waals surface area contributed by atoms with Gasteiger partial charge in [-0.05, 0) is 47.1 Å². The van der Waals surface area contributed by atoms with Gasteiger partial charge >= 0.3 is 0 Å². The van der Waals surface area contributed by atoms with E-state index >= 15 is 0 Å². The molecule has 0 saturated carbocycles. The van der Waals surface area contributed by atoms with Crippen molar-refractivity contribution in [1.82, 2.24) is 4.98 Å². The molecular weight excluding hydrogens is 284 g/mol. The number of hydrogen-bond donors (Lipinski definition) is 1. The van der Waals surface area contributed by atoms with E-state index in [9.17, 15) is 0 Å². The zero-order chi connectivity index (χ0) is 12.3. The molecule has 0 saturated heterocycles. The largest absolute Gasteiger partial charge is 0.480 e. The molecule has 0 aromatic carbocycles. The van der Waals surface area contributed by atoms with E-state index in [0.29, 0.717) is 5.88 Å². The van der Waals surface area contributed by atoms with Gasteiger partial charge in [0, 0.05) is 6.20 Å². The molecule has 17 heavy (non-hydrogen) atoms. The van der Waals surface area contributed by atoms with Gasteiger partial charge in [-0.2, -0.15) is 0 Å². The summed E-state index contributed by atoms with van der Waals surface area (Å²) < 4.78 is 11.4. The number of pyridine rings is 1. The van der Waals surface area contributed by atoms with Gasteiger partial charge in [0.15, 0.2) is 4.67 Å². The summed E-state index contributed by atoms with van der Waals surface area (Å²) in [6, 6.07) is 7.61. The lowest BCUT2D eigenvalue weighted by atomic mass is 10.2. The van der Waals surface area contributed by atoms with E-state index in [1.807, 2.05) is 31.2 Å². The van der Waals surface area contributed by atoms with Crippen LogP contribution in [0.15, 0.2) is 39.5 Å². The Bertz CT molecular complexity index is 499. The summed E-state index contributed by atoms with van der Waals surface area (Å²) in [5.41, 5.74) is 0.843. The zero-order valence-corrected chi connectivity index (χ0v) is 11.2. The van der Waals surface area contributed by atoms with Crippen LogP contribution in [0.2, 0.25) is 0 Å². The van der Waals surface area contributed by atoms with Crippen molar-refractivity contribution in [3.05, 3.63) is 40.9 Å². The summed E-state index contributed by atoms with van der Waals surface area (Å²) in [6.45, 7) is 2.01. The molecular formula is C12H13BrN2O2. The average molecular weight is 297 g/mol. The Balaban J connectivity index is 2.15. The van der Waals surface area contributed by atoms with Gasteiger partial charge in [0.25, 0.3) is 0 Å². The number of hydrogen-bond acceptors (Lipinski definition) is 4. The highest BCUT2D eigenvalue weighted by atomic mass is 79.9. The first-order valence-electron chi connectivity index (χ1n) is 5.21. The second-order valence-electron chi connectivity index (χ2n) is 3.57. The third kappa shape index (κ3) is 2.79. The Morgan fingerprint density at radius 3 is 2.88 bits per heavy atom. The predicted molar refractivity (Wildman–Crippen MR) is 69.2 cm³/mol. The first-order chi connectivity index (χ1) is 8.20. The second kappa shape index (κ2) is 5.23. The number of ether oxygens (including phenoxy) is 1. The van der Waals surface area contributed by atoms with Crippen LogP contribution >= 0.6 is 15.9 Å². The fraction of sp³-hybridized carbons (Fsp3) is 0.250. The van der Waals surface area contributed by atoms with Gasteiger partial charge in [0.05, 0.1) is 18.8 Å². The number of nitrogens with zero attached hydrogens (tertiary/aromatic N) is 1. The van der Waals surface area contributed by atoms with Crippen molar-refractivity contribution in [2.24, 2.45) is 0 Å². The van der Waals surface area contributed by atoms with Gasteiger partial charge in [-0.1, -0.05) is 0 Å². The number of nitrogens with one attached hydrogen (secondary N) is 1. The summed E-state index contributed by atoms with van der Waals surface area (Å²) in [5.74, 6) is 1.42. The van der Waals surface area contributed by atoms with E-state index in [1.54, 1.807) is 13.3 Å². The topological polar surface area (TPSA) is 47.3 Å². The highest BCUT2D eigenvalue weighted by Crippen LogP contribution is 2.27. The molecule has 4 nitrogen and oxygen atoms in total. The highest BCUT2D eigenvalue weighted by Gasteiger charge is 2.12. The molecule has 1 atom stereocenters. The van der Waals surface area contributed by atoms with E-state index in [-0.39, 0.29) is 6.04 Å². The average Bonchev–Trinajstić information content (AvgIpc) is 2.77. The van der Waals surface area contributed by atoms with Crippen molar-refractivity contribution in [1.29, 1.82) is 0 Å². The molecule has 0 aliphatic carbocycles. The smallest absolute Gasteiger partial charge is 0.237 e. The molecule has 1 unspecified atom stereocenters. The molecule has 0 aliphatic heterocycles. The maximum absolute atomic E-state index is 5.48. The van der Waals surface area contributed by atoms with Crippen LogP contribution < -0.4 is 10.1 Å². The van der Waals surface area contributed by atoms with Crippen LogP contribution in [-0.4, -0.2) is 12.1 Å². The van der Waals surface area contributed by atoms with Crippen LogP contribution in [0.5, 0.6) is 5.88 Å². The number of methoxy groups -OCH3 is 1.